The number of hydrogen-bond acceptors (Lipinski definition) is 5. The third kappa shape index (κ3) is 4.06. The van der Waals surface area contributed by atoms with Crippen molar-refractivity contribution in [1.82, 2.24) is 0 Å². The molecule has 0 saturated carbocycles. The van der Waals surface area contributed by atoms with Gasteiger partial charge in [-0.1, -0.05) is 24.3 Å². The Hall–Kier alpha value is -3.21. The van der Waals surface area contributed by atoms with E-state index in [9.17, 15) is 9.90 Å². The van der Waals surface area contributed by atoms with Gasteiger partial charge in [0.05, 0.1) is 20.6 Å². The van der Waals surface area contributed by atoms with Gasteiger partial charge in [-0.25, -0.2) is 0 Å². The maximum atomic E-state index is 12.1. The van der Waals surface area contributed by atoms with Crippen molar-refractivity contribution in [1.29, 1.82) is 0 Å². The third-order valence-electron chi connectivity index (χ3n) is 4.08. The molecule has 0 spiro atoms. The zero-order valence-electron chi connectivity index (χ0n) is 14.6. The number of ether oxygens (including phenoxy) is 3. The first-order valence-electron chi connectivity index (χ1n) is 8.19. The van der Waals surface area contributed by atoms with Crippen LogP contribution in [-0.2, 0) is 9.53 Å². The Morgan fingerprint density at radius 1 is 1.12 bits per heavy atom. The Balaban J connectivity index is 1.79. The molecular weight excluding hydrogens is 332 g/mol. The molecule has 1 heterocycles. The summed E-state index contributed by atoms with van der Waals surface area (Å²) in [7, 11) is 3.10. The lowest BCUT2D eigenvalue weighted by molar-refractivity contribution is -0.118. The van der Waals surface area contributed by atoms with Gasteiger partial charge in [0.2, 0.25) is 0 Å². The lowest BCUT2D eigenvalue weighted by Crippen LogP contribution is -2.14. The zero-order valence-corrected chi connectivity index (χ0v) is 14.6. The molecule has 1 aliphatic heterocycles. The zero-order chi connectivity index (χ0) is 18.5. The summed E-state index contributed by atoms with van der Waals surface area (Å²) in [6, 6.07) is 12.5. The molecule has 0 aromatic heterocycles. The van der Waals surface area contributed by atoms with E-state index in [1.807, 2.05) is 30.3 Å². The van der Waals surface area contributed by atoms with Crippen LogP contribution in [-0.4, -0.2) is 25.1 Å². The summed E-state index contributed by atoms with van der Waals surface area (Å²) >= 11 is 0. The predicted molar refractivity (Wildman–Crippen MR) is 98.2 cm³/mol. The Kier molecular flexibility index (Phi) is 5.27. The maximum absolute atomic E-state index is 12.1. The van der Waals surface area contributed by atoms with Crippen LogP contribution in [0.3, 0.4) is 0 Å². The Bertz CT molecular complexity index is 866. The van der Waals surface area contributed by atoms with Crippen LogP contribution in [0, 0.1) is 0 Å². The highest BCUT2D eigenvalue weighted by atomic mass is 16.5. The number of carbonyl (C=O) groups is 1. The van der Waals surface area contributed by atoms with Crippen molar-refractivity contribution in [2.75, 3.05) is 14.2 Å². The van der Waals surface area contributed by atoms with E-state index in [2.05, 4.69) is 0 Å². The Labute approximate surface area is 152 Å². The van der Waals surface area contributed by atoms with Crippen molar-refractivity contribution in [2.45, 2.75) is 12.5 Å². The van der Waals surface area contributed by atoms with Gasteiger partial charge in [-0.05, 0) is 41.5 Å². The van der Waals surface area contributed by atoms with Crippen LogP contribution in [0.1, 0.15) is 23.7 Å². The standard InChI is InChI=1S/C21H20O5/c1-24-17-5-3-4-14(10-17)6-8-18-12-16(22)13-20(26-18)15-7-9-19(23)21(11-15)25-2/h3-12,20,23H,13H2,1-2H3/b8-6+. The highest BCUT2D eigenvalue weighted by Gasteiger charge is 2.23. The van der Waals surface area contributed by atoms with Crippen molar-refractivity contribution >= 4 is 11.9 Å². The van der Waals surface area contributed by atoms with Gasteiger partial charge in [-0.2, -0.15) is 0 Å². The minimum atomic E-state index is -0.424. The molecule has 0 radical (unpaired) electrons. The molecule has 2 aromatic rings. The highest BCUT2D eigenvalue weighted by molar-refractivity contribution is 5.91. The number of aromatic hydroxyl groups is 1. The molecule has 134 valence electrons. The number of benzene rings is 2. The summed E-state index contributed by atoms with van der Waals surface area (Å²) in [5.74, 6) is 1.63. The van der Waals surface area contributed by atoms with Crippen LogP contribution in [0.4, 0.5) is 0 Å². The van der Waals surface area contributed by atoms with Gasteiger partial charge in [-0.3, -0.25) is 4.79 Å². The van der Waals surface area contributed by atoms with Crippen molar-refractivity contribution in [3.63, 3.8) is 0 Å². The number of rotatable bonds is 5. The van der Waals surface area contributed by atoms with Gasteiger partial charge in [-0.15, -0.1) is 0 Å². The number of allylic oxidation sites excluding steroid dienone is 2. The van der Waals surface area contributed by atoms with Gasteiger partial charge in [0.25, 0.3) is 0 Å². The van der Waals surface area contributed by atoms with E-state index in [-0.39, 0.29) is 18.0 Å². The van der Waals surface area contributed by atoms with Crippen LogP contribution < -0.4 is 9.47 Å². The van der Waals surface area contributed by atoms with Gasteiger partial charge < -0.3 is 19.3 Å². The molecule has 2 aromatic carbocycles. The number of ketones is 1. The molecule has 5 heteroatoms. The van der Waals surface area contributed by atoms with E-state index in [0.29, 0.717) is 11.5 Å². The molecule has 0 bridgehead atoms. The van der Waals surface area contributed by atoms with E-state index in [4.69, 9.17) is 14.2 Å². The number of phenols is 1. The molecule has 26 heavy (non-hydrogen) atoms. The number of phenolic OH excluding ortho intramolecular Hbond substituents is 1. The molecule has 1 unspecified atom stereocenters. The Morgan fingerprint density at radius 2 is 1.96 bits per heavy atom. The first kappa shape index (κ1) is 17.6. The van der Waals surface area contributed by atoms with Gasteiger partial charge >= 0.3 is 0 Å². The van der Waals surface area contributed by atoms with Crippen LogP contribution in [0.15, 0.2) is 60.4 Å². The van der Waals surface area contributed by atoms with Crippen LogP contribution in [0.5, 0.6) is 17.2 Å². The van der Waals surface area contributed by atoms with E-state index in [1.165, 1.54) is 19.3 Å². The van der Waals surface area contributed by atoms with Crippen molar-refractivity contribution < 1.29 is 24.1 Å². The molecule has 0 fully saturated rings. The fourth-order valence-corrected chi connectivity index (χ4v) is 2.73. The smallest absolute Gasteiger partial charge is 0.163 e. The molecule has 5 nitrogen and oxygen atoms in total. The summed E-state index contributed by atoms with van der Waals surface area (Å²) < 4.78 is 16.3. The van der Waals surface area contributed by atoms with Crippen molar-refractivity contribution in [2.24, 2.45) is 0 Å². The molecule has 0 aliphatic carbocycles. The summed E-state index contributed by atoms with van der Waals surface area (Å²) in [5.41, 5.74) is 1.71. The summed E-state index contributed by atoms with van der Waals surface area (Å²) in [5, 5.41) is 9.72. The molecular formula is C21H20O5. The Morgan fingerprint density at radius 3 is 2.73 bits per heavy atom. The van der Waals surface area contributed by atoms with Gasteiger partial charge in [0.1, 0.15) is 17.6 Å². The molecule has 1 aliphatic rings. The first-order chi connectivity index (χ1) is 12.6. The quantitative estimate of drug-likeness (QED) is 0.880. The molecule has 1 N–H and O–H groups in total. The first-order valence-corrected chi connectivity index (χ1v) is 8.19. The summed E-state index contributed by atoms with van der Waals surface area (Å²) in [6.07, 6.45) is 4.93. The average molecular weight is 352 g/mol. The largest absolute Gasteiger partial charge is 0.504 e. The maximum Gasteiger partial charge on any atom is 0.163 e. The minimum absolute atomic E-state index is 0.0152. The van der Waals surface area contributed by atoms with E-state index < -0.39 is 6.10 Å². The highest BCUT2D eigenvalue weighted by Crippen LogP contribution is 2.34. The molecule has 0 saturated heterocycles. The van der Waals surface area contributed by atoms with E-state index >= 15 is 0 Å². The lowest BCUT2D eigenvalue weighted by Gasteiger charge is -2.23. The van der Waals surface area contributed by atoms with Gasteiger partial charge in [0, 0.05) is 6.08 Å². The monoisotopic (exact) mass is 352 g/mol. The third-order valence-corrected chi connectivity index (χ3v) is 4.08. The second kappa shape index (κ2) is 7.78. The van der Waals surface area contributed by atoms with Crippen LogP contribution in [0.2, 0.25) is 0 Å². The normalized spacial score (nSPS) is 16.9. The average Bonchev–Trinajstić information content (AvgIpc) is 2.66. The van der Waals surface area contributed by atoms with E-state index in [1.54, 1.807) is 25.3 Å². The summed E-state index contributed by atoms with van der Waals surface area (Å²) in [6.45, 7) is 0. The fraction of sp³-hybridized carbons (Fsp3) is 0.190. The topological polar surface area (TPSA) is 65.0 Å². The second-order valence-corrected chi connectivity index (χ2v) is 5.86. The predicted octanol–water partition coefficient (Wildman–Crippen LogP) is 4.04. The number of carbonyl (C=O) groups excluding carboxylic acids is 1. The van der Waals surface area contributed by atoms with Crippen molar-refractivity contribution in [3.8, 4) is 17.2 Å². The minimum Gasteiger partial charge on any atom is -0.504 e. The van der Waals surface area contributed by atoms with Crippen LogP contribution in [0.25, 0.3) is 6.08 Å². The molecule has 3 rings (SSSR count). The SMILES string of the molecule is COc1cccc(/C=C/C2=CC(=O)CC(c3ccc(O)c(OC)c3)O2)c1. The molecule has 0 amide bonds. The summed E-state index contributed by atoms with van der Waals surface area (Å²) in [4.78, 5) is 12.1. The fourth-order valence-electron chi connectivity index (χ4n) is 2.73. The second-order valence-electron chi connectivity index (χ2n) is 5.86. The number of hydrogen-bond donors (Lipinski definition) is 1. The van der Waals surface area contributed by atoms with Crippen LogP contribution >= 0.6 is 0 Å². The number of methoxy groups -OCH3 is 2. The van der Waals surface area contributed by atoms with E-state index in [0.717, 1.165) is 16.9 Å². The van der Waals surface area contributed by atoms with Gasteiger partial charge in [0.15, 0.2) is 17.3 Å². The lowest BCUT2D eigenvalue weighted by atomic mass is 10.0. The molecule has 1 atom stereocenters. The van der Waals surface area contributed by atoms with Crippen molar-refractivity contribution in [3.05, 3.63) is 71.5 Å².